The predicted octanol–water partition coefficient (Wildman–Crippen LogP) is 3.99. The summed E-state index contributed by atoms with van der Waals surface area (Å²) in [6.45, 7) is 2.11. The van der Waals surface area contributed by atoms with E-state index in [2.05, 4.69) is 66.0 Å². The van der Waals surface area contributed by atoms with Crippen molar-refractivity contribution in [2.45, 2.75) is 19.3 Å². The number of nitrogens with two attached hydrogens (primary N) is 1. The maximum Gasteiger partial charge on any atom is 0.335 e. The average molecular weight is 427 g/mol. The first-order chi connectivity index (χ1) is 12.9. The van der Waals surface area contributed by atoms with Gasteiger partial charge in [-0.2, -0.15) is 0 Å². The predicted molar refractivity (Wildman–Crippen MR) is 117 cm³/mol. The Morgan fingerprint density at radius 3 is 2.39 bits per heavy atom. The molecule has 0 aliphatic carbocycles. The zero-order chi connectivity index (χ0) is 19.8. The molecule has 3 rings (SSSR count). The maximum atomic E-state index is 9.23. The van der Waals surface area contributed by atoms with Crippen LogP contribution >= 0.6 is 24.0 Å². The molecule has 6 nitrogen and oxygen atoms in total. The van der Waals surface area contributed by atoms with E-state index in [1.165, 1.54) is 28.0 Å². The summed E-state index contributed by atoms with van der Waals surface area (Å²) in [5.74, 6) is 0. The van der Waals surface area contributed by atoms with E-state index < -0.39 is 6.03 Å². The Balaban J connectivity index is 0.000000584. The van der Waals surface area contributed by atoms with Crippen LogP contribution in [-0.2, 0) is 12.8 Å². The lowest BCUT2D eigenvalue weighted by atomic mass is 10.0. The Labute approximate surface area is 177 Å². The number of carbonyl (C=O) groups excluding carboxylic acids is 1. The van der Waals surface area contributed by atoms with Crippen LogP contribution in [0.4, 0.5) is 16.2 Å². The van der Waals surface area contributed by atoms with Crippen LogP contribution in [0, 0.1) is 0 Å². The number of benzene rings is 2. The zero-order valence-corrected chi connectivity index (χ0v) is 17.8. The number of anilines is 2. The van der Waals surface area contributed by atoms with E-state index >= 15 is 0 Å². The molecule has 0 fully saturated rings. The number of hydrogen-bond donors (Lipinski definition) is 3. The Kier molecular flexibility index (Phi) is 10.1. The molecule has 1 aliphatic heterocycles. The Morgan fingerprint density at radius 2 is 1.79 bits per heavy atom. The summed E-state index contributed by atoms with van der Waals surface area (Å²) in [5, 5.41) is 8.23. The summed E-state index contributed by atoms with van der Waals surface area (Å²) in [5.41, 5.74) is 10.9. The van der Waals surface area contributed by atoms with E-state index in [9.17, 15) is 4.79 Å². The molecule has 28 heavy (non-hydrogen) atoms. The van der Waals surface area contributed by atoms with Crippen LogP contribution in [0.2, 0.25) is 5.02 Å². The second-order valence-electron chi connectivity index (χ2n) is 6.69. The van der Waals surface area contributed by atoms with Crippen molar-refractivity contribution < 1.29 is 10.0 Å². The molecule has 1 heterocycles. The number of nitrogens with one attached hydrogen (secondary N) is 1. The number of fused-ring (bicyclic) bond motifs is 2. The Morgan fingerprint density at radius 1 is 1.18 bits per heavy atom. The van der Waals surface area contributed by atoms with Crippen molar-refractivity contribution in [2.75, 3.05) is 32.1 Å². The van der Waals surface area contributed by atoms with Gasteiger partial charge in [0.25, 0.3) is 0 Å². The molecular formula is C20H28Cl2N4O2. The molecular weight excluding hydrogens is 399 g/mol. The molecule has 1 aliphatic rings. The summed E-state index contributed by atoms with van der Waals surface area (Å²) in [6.07, 6.45) is 3.30. The first kappa shape index (κ1) is 24.0. The highest BCUT2D eigenvalue weighted by atomic mass is 35.5. The monoisotopic (exact) mass is 426 g/mol. The lowest BCUT2D eigenvalue weighted by molar-refractivity contribution is 0.169. The molecule has 2 amide bonds. The summed E-state index contributed by atoms with van der Waals surface area (Å²) in [7, 11) is 4.25. The van der Waals surface area contributed by atoms with Gasteiger partial charge in [0.15, 0.2) is 0 Å². The molecule has 0 spiro atoms. The van der Waals surface area contributed by atoms with Gasteiger partial charge in [-0.3, -0.25) is 5.21 Å². The van der Waals surface area contributed by atoms with Crippen LogP contribution in [0.15, 0.2) is 42.5 Å². The highest BCUT2D eigenvalue weighted by Gasteiger charge is 2.20. The van der Waals surface area contributed by atoms with Gasteiger partial charge in [-0.25, -0.2) is 10.3 Å². The number of hydrogen-bond acceptors (Lipinski definition) is 4. The van der Waals surface area contributed by atoms with Gasteiger partial charge in [-0.15, -0.1) is 12.4 Å². The third-order valence-electron chi connectivity index (χ3n) is 4.38. The van der Waals surface area contributed by atoms with Gasteiger partial charge in [-0.05, 0) is 69.2 Å². The third-order valence-corrected chi connectivity index (χ3v) is 4.62. The molecule has 0 unspecified atom stereocenters. The van der Waals surface area contributed by atoms with Crippen molar-refractivity contribution in [3.05, 3.63) is 58.6 Å². The minimum absolute atomic E-state index is 0. The number of primary amides is 1. The molecule has 154 valence electrons. The molecule has 2 aromatic carbocycles. The van der Waals surface area contributed by atoms with Gasteiger partial charge in [0, 0.05) is 22.9 Å². The van der Waals surface area contributed by atoms with E-state index in [4.69, 9.17) is 16.8 Å². The zero-order valence-electron chi connectivity index (χ0n) is 16.2. The first-order valence-corrected chi connectivity index (χ1v) is 9.28. The van der Waals surface area contributed by atoms with Crippen molar-refractivity contribution >= 4 is 41.4 Å². The second kappa shape index (κ2) is 11.8. The standard InChI is InChI=1S/C19H23ClN2.CH4N2O2.ClH/c1-21(2)12-5-13-22-18-7-4-3-6-15(18)8-9-16-10-11-17(20)14-19(16)22;2-1(4)3-5;/h3-4,6-7,10-11,14H,5,8-9,12-13H2,1-2H3;5H,(H3,2,3,4);1H. The molecule has 8 heteroatoms. The van der Waals surface area contributed by atoms with Crippen LogP contribution in [-0.4, -0.2) is 43.3 Å². The van der Waals surface area contributed by atoms with Crippen molar-refractivity contribution in [3.8, 4) is 0 Å². The number of amides is 2. The summed E-state index contributed by atoms with van der Waals surface area (Å²) >= 11 is 6.27. The van der Waals surface area contributed by atoms with Gasteiger partial charge in [0.05, 0.1) is 0 Å². The number of rotatable bonds is 4. The maximum absolute atomic E-state index is 9.23. The van der Waals surface area contributed by atoms with Crippen LogP contribution in [0.3, 0.4) is 0 Å². The van der Waals surface area contributed by atoms with Crippen molar-refractivity contribution in [1.82, 2.24) is 10.4 Å². The van der Waals surface area contributed by atoms with Crippen molar-refractivity contribution in [2.24, 2.45) is 5.73 Å². The number of aryl methyl sites for hydroxylation is 2. The number of para-hydroxylation sites is 1. The van der Waals surface area contributed by atoms with Crippen LogP contribution in [0.1, 0.15) is 17.5 Å². The first-order valence-electron chi connectivity index (χ1n) is 8.90. The Hall–Kier alpha value is -1.99. The normalized spacial score (nSPS) is 12.0. The summed E-state index contributed by atoms with van der Waals surface area (Å²) < 4.78 is 0. The second-order valence-corrected chi connectivity index (χ2v) is 7.12. The SMILES string of the molecule is CN(C)CCCN1c2ccccc2CCc2ccc(Cl)cc21.Cl.NC(=O)NO. The third kappa shape index (κ3) is 6.87. The van der Waals surface area contributed by atoms with Gasteiger partial charge in [0.2, 0.25) is 0 Å². The lowest BCUT2D eigenvalue weighted by Crippen LogP contribution is -2.25. The van der Waals surface area contributed by atoms with Crippen molar-refractivity contribution in [1.29, 1.82) is 0 Å². The average Bonchev–Trinajstić information content (AvgIpc) is 2.79. The summed E-state index contributed by atoms with van der Waals surface area (Å²) in [6, 6.07) is 14.1. The van der Waals surface area contributed by atoms with E-state index in [0.717, 1.165) is 37.4 Å². The van der Waals surface area contributed by atoms with Gasteiger partial charge in [-0.1, -0.05) is 35.9 Å². The molecule has 4 N–H and O–H groups in total. The van der Waals surface area contributed by atoms with E-state index in [1.54, 1.807) is 0 Å². The molecule has 0 saturated heterocycles. The molecule has 0 saturated carbocycles. The quantitative estimate of drug-likeness (QED) is 0.509. The van der Waals surface area contributed by atoms with Crippen molar-refractivity contribution in [3.63, 3.8) is 0 Å². The fourth-order valence-electron chi connectivity index (χ4n) is 3.17. The van der Waals surface area contributed by atoms with Gasteiger partial charge in [0.1, 0.15) is 0 Å². The largest absolute Gasteiger partial charge is 0.350 e. The van der Waals surface area contributed by atoms with Gasteiger partial charge < -0.3 is 15.5 Å². The smallest absolute Gasteiger partial charge is 0.335 e. The minimum atomic E-state index is -0.940. The van der Waals surface area contributed by atoms with Gasteiger partial charge >= 0.3 is 6.03 Å². The van der Waals surface area contributed by atoms with Crippen LogP contribution in [0.5, 0.6) is 0 Å². The molecule has 0 bridgehead atoms. The van der Waals surface area contributed by atoms with E-state index in [0.29, 0.717) is 0 Å². The molecule has 0 radical (unpaired) electrons. The van der Waals surface area contributed by atoms with E-state index in [-0.39, 0.29) is 12.4 Å². The fourth-order valence-corrected chi connectivity index (χ4v) is 3.34. The number of carbonyl (C=O) groups is 1. The summed E-state index contributed by atoms with van der Waals surface area (Å²) in [4.78, 5) is 13.9. The molecule has 0 aromatic heterocycles. The number of halogens is 2. The lowest BCUT2D eigenvalue weighted by Gasteiger charge is -2.27. The number of hydroxylamine groups is 1. The molecule has 0 atom stereocenters. The number of nitrogens with zero attached hydrogens (tertiary/aromatic N) is 2. The molecule has 2 aromatic rings. The Bertz CT molecular complexity index is 772. The highest BCUT2D eigenvalue weighted by molar-refractivity contribution is 6.30. The van der Waals surface area contributed by atoms with E-state index in [1.807, 2.05) is 6.07 Å². The topological polar surface area (TPSA) is 81.8 Å². The minimum Gasteiger partial charge on any atom is -0.350 e. The van der Waals surface area contributed by atoms with Crippen LogP contribution < -0.4 is 16.1 Å². The number of urea groups is 1. The highest BCUT2D eigenvalue weighted by Crippen LogP contribution is 2.37. The fraction of sp³-hybridized carbons (Fsp3) is 0.350. The van der Waals surface area contributed by atoms with Crippen LogP contribution in [0.25, 0.3) is 0 Å².